The van der Waals surface area contributed by atoms with Gasteiger partial charge in [-0.15, -0.1) is 0 Å². The first-order valence-electron chi connectivity index (χ1n) is 6.03. The van der Waals surface area contributed by atoms with Gasteiger partial charge in [-0.3, -0.25) is 4.57 Å². The summed E-state index contributed by atoms with van der Waals surface area (Å²) in [5.74, 6) is 0. The molecule has 0 aliphatic heterocycles. The quantitative estimate of drug-likeness (QED) is 0.656. The van der Waals surface area contributed by atoms with Gasteiger partial charge >= 0.3 is 0 Å². The fourth-order valence-electron chi connectivity index (χ4n) is 0.865. The Kier molecular flexibility index (Phi) is 6.21. The highest BCUT2D eigenvalue weighted by molar-refractivity contribution is 7.86. The van der Waals surface area contributed by atoms with Crippen LogP contribution in [0.1, 0.15) is 54.9 Å². The van der Waals surface area contributed by atoms with Gasteiger partial charge in [0.05, 0.1) is 23.5 Å². The van der Waals surface area contributed by atoms with Crippen molar-refractivity contribution >= 4 is 18.0 Å². The van der Waals surface area contributed by atoms with Gasteiger partial charge in [0.1, 0.15) is 0 Å². The van der Waals surface area contributed by atoms with Crippen LogP contribution in [0.3, 0.4) is 0 Å². The molecule has 0 aliphatic carbocycles. The van der Waals surface area contributed by atoms with E-state index in [0.717, 1.165) is 6.42 Å². The Morgan fingerprint density at radius 2 is 1.71 bits per heavy atom. The predicted octanol–water partition coefficient (Wildman–Crippen LogP) is 4.83. The lowest BCUT2D eigenvalue weighted by atomic mass is 10.1. The molecule has 0 radical (unpaired) electrons. The summed E-state index contributed by atoms with van der Waals surface area (Å²) in [6.45, 7) is 10.6. The zero-order chi connectivity index (χ0) is 13.9. The number of hydrogen-bond donors (Lipinski definition) is 0. The van der Waals surface area contributed by atoms with Crippen molar-refractivity contribution in [2.75, 3.05) is 6.61 Å². The molecule has 0 aromatic heterocycles. The van der Waals surface area contributed by atoms with E-state index in [-0.39, 0.29) is 11.7 Å². The van der Waals surface area contributed by atoms with Crippen LogP contribution in [0.25, 0.3) is 0 Å². The molecule has 0 amide bonds. The van der Waals surface area contributed by atoms with Gasteiger partial charge < -0.3 is 9.26 Å². The van der Waals surface area contributed by atoms with Gasteiger partial charge in [-0.25, -0.2) is 0 Å². The molecule has 0 aromatic rings. The van der Waals surface area contributed by atoms with Crippen molar-refractivity contribution in [3.05, 3.63) is 0 Å². The van der Waals surface area contributed by atoms with E-state index in [1.807, 2.05) is 41.5 Å². The van der Waals surface area contributed by atoms with E-state index < -0.39 is 11.9 Å². The zero-order valence-electron chi connectivity index (χ0n) is 12.0. The average Bonchev–Trinajstić information content (AvgIpc) is 2.12. The lowest BCUT2D eigenvalue weighted by Crippen LogP contribution is -2.29. The second kappa shape index (κ2) is 6.06. The number of halogens is 1. The van der Waals surface area contributed by atoms with E-state index in [1.54, 1.807) is 0 Å². The molecule has 0 N–H and O–H groups in total. The lowest BCUT2D eigenvalue weighted by molar-refractivity contribution is -0.0502. The Bertz CT molecular complexity index is 284. The molecule has 0 heterocycles. The van der Waals surface area contributed by atoms with Crippen molar-refractivity contribution in [2.45, 2.75) is 71.7 Å². The normalized spacial score (nSPS) is 18.8. The molecule has 0 aliphatic rings. The summed E-state index contributed by atoms with van der Waals surface area (Å²) in [7, 11) is 0. The summed E-state index contributed by atoms with van der Waals surface area (Å²) in [6, 6.07) is 0. The van der Waals surface area contributed by atoms with Crippen molar-refractivity contribution in [2.24, 2.45) is 0 Å². The summed E-state index contributed by atoms with van der Waals surface area (Å²) in [4.78, 5) is 0. The first-order valence-corrected chi connectivity index (χ1v) is 8.56. The van der Waals surface area contributed by atoms with E-state index >= 15 is 0 Å². The van der Waals surface area contributed by atoms with Gasteiger partial charge in [0.25, 0.3) is 6.72 Å². The van der Waals surface area contributed by atoms with Crippen LogP contribution in [0.4, 0.5) is 0 Å². The number of ether oxygens (including phenoxy) is 1. The van der Waals surface area contributed by atoms with Gasteiger partial charge in [0.2, 0.25) is 0 Å². The summed E-state index contributed by atoms with van der Waals surface area (Å²) in [5, 5.41) is -0.552. The summed E-state index contributed by atoms with van der Waals surface area (Å²) in [5.41, 5.74) is -0.185. The summed E-state index contributed by atoms with van der Waals surface area (Å²) >= 11 is 5.97. The number of hydrogen-bond acceptors (Lipinski definition) is 3. The molecule has 3 nitrogen and oxygen atoms in total. The van der Waals surface area contributed by atoms with Gasteiger partial charge in [-0.05, 0) is 59.2 Å². The molecule has 5 heteroatoms. The Hall–Kier alpha value is 0.440. The standard InChI is InChI=1S/C12H26ClO3P/c1-8-12(6,7)15-9-10(2)16-17(13,14)11(3,4)5/h10H,8-9H2,1-7H3. The van der Waals surface area contributed by atoms with Crippen molar-refractivity contribution < 1.29 is 13.8 Å². The number of rotatable bonds is 6. The molecule has 0 saturated carbocycles. The first kappa shape index (κ1) is 17.4. The van der Waals surface area contributed by atoms with Gasteiger partial charge in [0.15, 0.2) is 0 Å². The van der Waals surface area contributed by atoms with Crippen molar-refractivity contribution in [3.8, 4) is 0 Å². The average molecular weight is 285 g/mol. The van der Waals surface area contributed by atoms with Gasteiger partial charge in [0, 0.05) is 0 Å². The van der Waals surface area contributed by atoms with Crippen molar-refractivity contribution in [1.82, 2.24) is 0 Å². The molecule has 0 aromatic carbocycles. The third kappa shape index (κ3) is 6.24. The SMILES string of the molecule is CCC(C)(C)OCC(C)OP(=O)(Cl)C(C)(C)C. The minimum Gasteiger partial charge on any atom is -0.373 e. The van der Waals surface area contributed by atoms with Crippen LogP contribution in [0.5, 0.6) is 0 Å². The fourth-order valence-corrected chi connectivity index (χ4v) is 2.11. The molecule has 104 valence electrons. The monoisotopic (exact) mass is 284 g/mol. The first-order chi connectivity index (χ1) is 7.41. The summed E-state index contributed by atoms with van der Waals surface area (Å²) in [6.07, 6.45) is 0.640. The highest BCUT2D eigenvalue weighted by Gasteiger charge is 2.37. The Morgan fingerprint density at radius 3 is 2.06 bits per heavy atom. The smallest absolute Gasteiger partial charge is 0.295 e. The van der Waals surface area contributed by atoms with Crippen LogP contribution in [-0.4, -0.2) is 23.5 Å². The third-order valence-corrected chi connectivity index (χ3v) is 6.67. The van der Waals surface area contributed by atoms with Crippen LogP contribution in [-0.2, 0) is 13.8 Å². The fraction of sp³-hybridized carbons (Fsp3) is 1.00. The van der Waals surface area contributed by atoms with Crippen LogP contribution >= 0.6 is 18.0 Å². The minimum atomic E-state index is -3.13. The maximum absolute atomic E-state index is 12.1. The molecule has 0 spiro atoms. The molecule has 0 bridgehead atoms. The van der Waals surface area contributed by atoms with Crippen LogP contribution in [0.15, 0.2) is 0 Å². The van der Waals surface area contributed by atoms with E-state index in [0.29, 0.717) is 6.61 Å². The largest absolute Gasteiger partial charge is 0.373 e. The highest BCUT2D eigenvalue weighted by atomic mass is 35.7. The van der Waals surface area contributed by atoms with Crippen LogP contribution in [0.2, 0.25) is 0 Å². The van der Waals surface area contributed by atoms with Crippen LogP contribution < -0.4 is 0 Å². The van der Waals surface area contributed by atoms with E-state index in [2.05, 4.69) is 6.92 Å². The van der Waals surface area contributed by atoms with E-state index in [1.165, 1.54) is 0 Å². The highest BCUT2D eigenvalue weighted by Crippen LogP contribution is 2.63. The van der Waals surface area contributed by atoms with Crippen molar-refractivity contribution in [1.29, 1.82) is 0 Å². The molecular formula is C12H26ClO3P. The van der Waals surface area contributed by atoms with Crippen molar-refractivity contribution in [3.63, 3.8) is 0 Å². The second-order valence-electron chi connectivity index (χ2n) is 5.99. The molecule has 2 atom stereocenters. The molecular weight excluding hydrogens is 259 g/mol. The maximum Gasteiger partial charge on any atom is 0.295 e. The Morgan fingerprint density at radius 1 is 1.24 bits per heavy atom. The van der Waals surface area contributed by atoms with Gasteiger partial charge in [-0.2, -0.15) is 0 Å². The summed E-state index contributed by atoms with van der Waals surface area (Å²) < 4.78 is 23.3. The third-order valence-electron chi connectivity index (χ3n) is 2.68. The Labute approximate surface area is 110 Å². The molecule has 17 heavy (non-hydrogen) atoms. The van der Waals surface area contributed by atoms with E-state index in [4.69, 9.17) is 20.5 Å². The maximum atomic E-state index is 12.1. The zero-order valence-corrected chi connectivity index (χ0v) is 13.7. The molecule has 0 fully saturated rings. The molecule has 0 saturated heterocycles. The molecule has 2 unspecified atom stereocenters. The molecule has 0 rings (SSSR count). The second-order valence-corrected chi connectivity index (χ2v) is 9.84. The predicted molar refractivity (Wildman–Crippen MR) is 74.1 cm³/mol. The van der Waals surface area contributed by atoms with Crippen LogP contribution in [0, 0.1) is 0 Å². The minimum absolute atomic E-state index is 0.185. The lowest BCUT2D eigenvalue weighted by Gasteiger charge is -2.30. The topological polar surface area (TPSA) is 35.5 Å². The van der Waals surface area contributed by atoms with E-state index in [9.17, 15) is 4.57 Å². The van der Waals surface area contributed by atoms with Gasteiger partial charge in [-0.1, -0.05) is 6.92 Å². The Balaban J connectivity index is 4.29.